The van der Waals surface area contributed by atoms with Gasteiger partial charge in [0.1, 0.15) is 5.75 Å². The summed E-state index contributed by atoms with van der Waals surface area (Å²) in [5, 5.41) is 8.92. The molecule has 0 saturated heterocycles. The van der Waals surface area contributed by atoms with Crippen molar-refractivity contribution in [1.29, 1.82) is 0 Å². The largest absolute Gasteiger partial charge is 0.497 e. The van der Waals surface area contributed by atoms with Crippen molar-refractivity contribution in [1.82, 2.24) is 0 Å². The predicted octanol–water partition coefficient (Wildman–Crippen LogP) is 2.63. The first-order chi connectivity index (χ1) is 10.1. The number of methoxy groups -OCH3 is 1. The van der Waals surface area contributed by atoms with E-state index in [-0.39, 0.29) is 12.2 Å². The average Bonchev–Trinajstić information content (AvgIpc) is 2.48. The van der Waals surface area contributed by atoms with Crippen LogP contribution in [0.3, 0.4) is 0 Å². The van der Waals surface area contributed by atoms with Gasteiger partial charge in [0.25, 0.3) is 0 Å². The quantitative estimate of drug-likeness (QED) is 0.891. The van der Waals surface area contributed by atoms with E-state index in [0.29, 0.717) is 16.2 Å². The molecule has 0 aliphatic rings. The molecule has 2 rings (SSSR count). The van der Waals surface area contributed by atoms with E-state index in [9.17, 15) is 9.00 Å². The highest BCUT2D eigenvalue weighted by molar-refractivity contribution is 7.84. The predicted molar refractivity (Wildman–Crippen MR) is 80.9 cm³/mol. The van der Waals surface area contributed by atoms with Crippen LogP contribution in [0.15, 0.2) is 53.4 Å². The Morgan fingerprint density at radius 3 is 2.52 bits per heavy atom. The van der Waals surface area contributed by atoms with Crippen LogP contribution in [-0.2, 0) is 27.8 Å². The number of benzene rings is 2. The fourth-order valence-electron chi connectivity index (χ4n) is 2.00. The molecule has 0 spiro atoms. The smallest absolute Gasteiger partial charge is 0.307 e. The van der Waals surface area contributed by atoms with Crippen molar-refractivity contribution in [3.63, 3.8) is 0 Å². The number of ether oxygens (including phenoxy) is 1. The molecular weight excluding hydrogens is 288 g/mol. The average molecular weight is 304 g/mol. The van der Waals surface area contributed by atoms with Crippen molar-refractivity contribution < 1.29 is 18.8 Å². The van der Waals surface area contributed by atoms with E-state index in [0.717, 1.165) is 5.56 Å². The summed E-state index contributed by atoms with van der Waals surface area (Å²) in [6.45, 7) is 0. The Bertz CT molecular complexity index is 667. The third-order valence-electron chi connectivity index (χ3n) is 3.05. The Morgan fingerprint density at radius 2 is 1.86 bits per heavy atom. The molecule has 0 aliphatic heterocycles. The van der Waals surface area contributed by atoms with Crippen LogP contribution in [0, 0.1) is 0 Å². The summed E-state index contributed by atoms with van der Waals surface area (Å²) in [5.41, 5.74) is 1.49. The molecule has 0 aromatic heterocycles. The summed E-state index contributed by atoms with van der Waals surface area (Å²) < 4.78 is 17.5. The highest BCUT2D eigenvalue weighted by Gasteiger charge is 2.11. The molecular formula is C16H16O4S. The lowest BCUT2D eigenvalue weighted by atomic mass is 10.1. The van der Waals surface area contributed by atoms with Gasteiger partial charge in [0.05, 0.1) is 30.1 Å². The lowest BCUT2D eigenvalue weighted by molar-refractivity contribution is -0.136. The van der Waals surface area contributed by atoms with Gasteiger partial charge in [-0.15, -0.1) is 0 Å². The van der Waals surface area contributed by atoms with Crippen LogP contribution in [0.4, 0.5) is 0 Å². The molecule has 21 heavy (non-hydrogen) atoms. The number of hydrogen-bond donors (Lipinski definition) is 1. The van der Waals surface area contributed by atoms with Crippen molar-refractivity contribution in [2.45, 2.75) is 17.1 Å². The maximum atomic E-state index is 12.4. The molecule has 1 N–H and O–H groups in total. The first kappa shape index (κ1) is 15.3. The maximum Gasteiger partial charge on any atom is 0.307 e. The summed E-state index contributed by atoms with van der Waals surface area (Å²) in [5.74, 6) is 0.0469. The number of carboxylic acids is 1. The second-order valence-electron chi connectivity index (χ2n) is 4.51. The van der Waals surface area contributed by atoms with Gasteiger partial charge in [-0.1, -0.05) is 30.3 Å². The van der Waals surface area contributed by atoms with Gasteiger partial charge in [-0.05, 0) is 29.3 Å². The van der Waals surface area contributed by atoms with Gasteiger partial charge in [-0.2, -0.15) is 0 Å². The lowest BCUT2D eigenvalue weighted by Gasteiger charge is -2.08. The Labute approximate surface area is 125 Å². The van der Waals surface area contributed by atoms with Gasteiger partial charge in [-0.25, -0.2) is 0 Å². The molecule has 0 radical (unpaired) electrons. The normalized spacial score (nSPS) is 11.9. The van der Waals surface area contributed by atoms with Crippen molar-refractivity contribution in [2.24, 2.45) is 0 Å². The van der Waals surface area contributed by atoms with Crippen LogP contribution in [0.2, 0.25) is 0 Å². The topological polar surface area (TPSA) is 63.6 Å². The monoisotopic (exact) mass is 304 g/mol. The van der Waals surface area contributed by atoms with Crippen molar-refractivity contribution in [3.05, 3.63) is 59.7 Å². The number of aliphatic carboxylic acids is 1. The van der Waals surface area contributed by atoms with E-state index < -0.39 is 16.8 Å². The van der Waals surface area contributed by atoms with Crippen LogP contribution in [-0.4, -0.2) is 22.4 Å². The zero-order valence-electron chi connectivity index (χ0n) is 11.6. The third kappa shape index (κ3) is 4.16. The van der Waals surface area contributed by atoms with Gasteiger partial charge >= 0.3 is 5.97 Å². The molecule has 1 unspecified atom stereocenters. The molecule has 0 fully saturated rings. The van der Waals surface area contributed by atoms with Crippen molar-refractivity contribution in [3.8, 4) is 5.75 Å². The molecule has 4 nitrogen and oxygen atoms in total. The summed E-state index contributed by atoms with van der Waals surface area (Å²) in [6.07, 6.45) is -0.0640. The van der Waals surface area contributed by atoms with Crippen molar-refractivity contribution in [2.75, 3.05) is 7.11 Å². The van der Waals surface area contributed by atoms with Gasteiger partial charge in [0, 0.05) is 4.90 Å². The fourth-order valence-corrected chi connectivity index (χ4v) is 3.21. The van der Waals surface area contributed by atoms with Crippen LogP contribution >= 0.6 is 0 Å². The lowest BCUT2D eigenvalue weighted by Crippen LogP contribution is -2.05. The van der Waals surface area contributed by atoms with E-state index in [1.54, 1.807) is 43.5 Å². The zero-order valence-corrected chi connectivity index (χ0v) is 12.4. The Balaban J connectivity index is 2.21. The third-order valence-corrected chi connectivity index (χ3v) is 4.40. The van der Waals surface area contributed by atoms with Crippen LogP contribution in [0.25, 0.3) is 0 Å². The molecule has 0 amide bonds. The van der Waals surface area contributed by atoms with Crippen molar-refractivity contribution >= 4 is 16.8 Å². The molecule has 0 saturated carbocycles. The molecule has 2 aromatic rings. The Morgan fingerprint density at radius 1 is 1.14 bits per heavy atom. The molecule has 0 aliphatic carbocycles. The first-order valence-corrected chi connectivity index (χ1v) is 7.73. The van der Waals surface area contributed by atoms with E-state index in [2.05, 4.69) is 0 Å². The minimum atomic E-state index is -1.24. The molecule has 0 heterocycles. The highest BCUT2D eigenvalue weighted by Crippen LogP contribution is 2.20. The summed E-state index contributed by atoms with van der Waals surface area (Å²) in [4.78, 5) is 11.5. The number of rotatable bonds is 6. The van der Waals surface area contributed by atoms with Gasteiger partial charge < -0.3 is 9.84 Å². The second-order valence-corrected chi connectivity index (χ2v) is 5.96. The maximum absolute atomic E-state index is 12.4. The second kappa shape index (κ2) is 7.04. The van der Waals surface area contributed by atoms with Crippen LogP contribution in [0.1, 0.15) is 11.1 Å². The molecule has 5 heteroatoms. The molecule has 1 atom stereocenters. The highest BCUT2D eigenvalue weighted by atomic mass is 32.2. The van der Waals surface area contributed by atoms with E-state index in [1.807, 2.05) is 12.1 Å². The van der Waals surface area contributed by atoms with E-state index >= 15 is 0 Å². The Hall–Kier alpha value is -2.14. The van der Waals surface area contributed by atoms with Gasteiger partial charge in [0.2, 0.25) is 0 Å². The Kier molecular flexibility index (Phi) is 5.11. The standard InChI is InChI=1S/C16H16O4S/c1-20-14-7-4-8-15(10-14)21(19)11-13-6-3-2-5-12(13)9-16(17)18/h2-8,10H,9,11H2,1H3,(H,17,18). The first-order valence-electron chi connectivity index (χ1n) is 6.41. The SMILES string of the molecule is COc1cccc(S(=O)Cc2ccccc2CC(=O)O)c1. The minimum Gasteiger partial charge on any atom is -0.497 e. The van der Waals surface area contributed by atoms with E-state index in [1.165, 1.54) is 0 Å². The van der Waals surface area contributed by atoms with Crippen LogP contribution < -0.4 is 4.74 Å². The summed E-state index contributed by atoms with van der Waals surface area (Å²) in [7, 11) is 0.315. The number of carboxylic acid groups (broad SMARTS) is 1. The van der Waals surface area contributed by atoms with Gasteiger partial charge in [0.15, 0.2) is 0 Å². The summed E-state index contributed by atoms with van der Waals surface area (Å²) >= 11 is 0. The number of carbonyl (C=O) groups is 1. The number of hydrogen-bond acceptors (Lipinski definition) is 3. The van der Waals surface area contributed by atoms with Crippen LogP contribution in [0.5, 0.6) is 5.75 Å². The summed E-state index contributed by atoms with van der Waals surface area (Å²) in [6, 6.07) is 14.3. The van der Waals surface area contributed by atoms with Gasteiger partial charge in [-0.3, -0.25) is 9.00 Å². The molecule has 0 bridgehead atoms. The minimum absolute atomic E-state index is 0.0640. The fraction of sp³-hybridized carbons (Fsp3) is 0.188. The van der Waals surface area contributed by atoms with E-state index in [4.69, 9.17) is 9.84 Å². The molecule has 2 aromatic carbocycles. The zero-order chi connectivity index (χ0) is 15.2. The molecule has 110 valence electrons.